The molecule has 1 atom stereocenters. The van der Waals surface area contributed by atoms with Gasteiger partial charge in [0.1, 0.15) is 12.0 Å². The van der Waals surface area contributed by atoms with Gasteiger partial charge >= 0.3 is 11.8 Å². The number of benzene rings is 1. The van der Waals surface area contributed by atoms with Crippen molar-refractivity contribution in [2.45, 2.75) is 24.1 Å². The predicted octanol–water partition coefficient (Wildman–Crippen LogP) is -0.308. The molecule has 12 heteroatoms. The Kier molecular flexibility index (Phi) is 7.13. The summed E-state index contributed by atoms with van der Waals surface area (Å²) < 4.78 is 46.8. The highest BCUT2D eigenvalue weighted by atomic mass is 32.2. The summed E-state index contributed by atoms with van der Waals surface area (Å²) in [5, 5.41) is 4.88. The van der Waals surface area contributed by atoms with Crippen molar-refractivity contribution in [3.8, 4) is 0 Å². The predicted molar refractivity (Wildman–Crippen MR) is 103 cm³/mol. The molecule has 0 aliphatic carbocycles. The summed E-state index contributed by atoms with van der Waals surface area (Å²) >= 11 is 0. The van der Waals surface area contributed by atoms with E-state index in [9.17, 15) is 22.4 Å². The van der Waals surface area contributed by atoms with Crippen molar-refractivity contribution in [1.82, 2.24) is 24.5 Å². The van der Waals surface area contributed by atoms with Crippen LogP contribution in [0.5, 0.6) is 0 Å². The Morgan fingerprint density at radius 1 is 1.20 bits per heavy atom. The number of sulfonamides is 1. The molecule has 1 fully saturated rings. The van der Waals surface area contributed by atoms with Crippen LogP contribution in [-0.2, 0) is 30.9 Å². The summed E-state index contributed by atoms with van der Waals surface area (Å²) in [5.41, 5.74) is 0. The smallest absolute Gasteiger partial charge is 0.309 e. The molecular formula is C18H22FN5O5S. The van der Waals surface area contributed by atoms with Crippen LogP contribution in [0.4, 0.5) is 4.39 Å². The maximum Gasteiger partial charge on any atom is 0.309 e. The van der Waals surface area contributed by atoms with Crippen molar-refractivity contribution in [3.63, 3.8) is 0 Å². The fourth-order valence-electron chi connectivity index (χ4n) is 2.91. The number of hydrogen-bond donors (Lipinski definition) is 2. The lowest BCUT2D eigenvalue weighted by atomic mass is 10.4. The van der Waals surface area contributed by atoms with Gasteiger partial charge in [0.2, 0.25) is 10.0 Å². The van der Waals surface area contributed by atoms with E-state index in [4.69, 9.17) is 4.74 Å². The number of amides is 2. The summed E-state index contributed by atoms with van der Waals surface area (Å²) in [6, 6.07) is 4.43. The first kappa shape index (κ1) is 21.9. The molecule has 30 heavy (non-hydrogen) atoms. The fourth-order valence-corrected chi connectivity index (χ4v) is 4.42. The quantitative estimate of drug-likeness (QED) is 0.430. The van der Waals surface area contributed by atoms with Crippen molar-refractivity contribution < 1.29 is 27.1 Å². The SMILES string of the molecule is O=C(NCCCn1ccnc1)C(=O)NC[C@H]1OCCN1S(=O)(=O)c1ccc(F)cc1. The van der Waals surface area contributed by atoms with Gasteiger partial charge in [-0.25, -0.2) is 17.8 Å². The van der Waals surface area contributed by atoms with Gasteiger partial charge in [-0.3, -0.25) is 9.59 Å². The minimum Gasteiger partial charge on any atom is -0.359 e. The minimum atomic E-state index is -3.93. The Morgan fingerprint density at radius 2 is 1.93 bits per heavy atom. The number of carbonyl (C=O) groups is 2. The van der Waals surface area contributed by atoms with E-state index < -0.39 is 33.9 Å². The van der Waals surface area contributed by atoms with Crippen LogP contribution in [0.15, 0.2) is 47.9 Å². The molecule has 1 aliphatic rings. The molecule has 1 saturated heterocycles. The number of aryl methyl sites for hydroxylation is 1. The molecule has 0 spiro atoms. The number of imidazole rings is 1. The number of aromatic nitrogens is 2. The van der Waals surface area contributed by atoms with E-state index in [1.165, 1.54) is 0 Å². The van der Waals surface area contributed by atoms with Gasteiger partial charge in [0.05, 0.1) is 24.4 Å². The molecule has 2 heterocycles. The van der Waals surface area contributed by atoms with Crippen molar-refractivity contribution in [2.75, 3.05) is 26.2 Å². The zero-order chi connectivity index (χ0) is 21.6. The molecule has 2 N–H and O–H groups in total. The molecule has 0 bridgehead atoms. The molecule has 0 radical (unpaired) electrons. The topological polar surface area (TPSA) is 123 Å². The van der Waals surface area contributed by atoms with Crippen LogP contribution in [0, 0.1) is 5.82 Å². The van der Waals surface area contributed by atoms with Crippen molar-refractivity contribution in [1.29, 1.82) is 0 Å². The maximum atomic E-state index is 13.1. The fraction of sp³-hybridized carbons (Fsp3) is 0.389. The highest BCUT2D eigenvalue weighted by Gasteiger charge is 2.36. The van der Waals surface area contributed by atoms with E-state index in [1.54, 1.807) is 18.7 Å². The van der Waals surface area contributed by atoms with Crippen LogP contribution in [-0.4, -0.2) is 66.6 Å². The highest BCUT2D eigenvalue weighted by Crippen LogP contribution is 2.22. The first-order valence-electron chi connectivity index (χ1n) is 9.29. The lowest BCUT2D eigenvalue weighted by Crippen LogP contribution is -2.47. The van der Waals surface area contributed by atoms with E-state index >= 15 is 0 Å². The summed E-state index contributed by atoms with van der Waals surface area (Å²) in [6.07, 6.45) is 4.75. The molecule has 162 valence electrons. The number of carbonyl (C=O) groups excluding carboxylic acids is 2. The van der Waals surface area contributed by atoms with Crippen LogP contribution in [0.1, 0.15) is 6.42 Å². The Hall–Kier alpha value is -2.83. The Labute approximate surface area is 173 Å². The van der Waals surface area contributed by atoms with E-state index in [2.05, 4.69) is 15.6 Å². The second-order valence-electron chi connectivity index (χ2n) is 6.52. The van der Waals surface area contributed by atoms with Gasteiger partial charge in [-0.15, -0.1) is 0 Å². The number of rotatable bonds is 8. The average Bonchev–Trinajstić information content (AvgIpc) is 3.41. The van der Waals surface area contributed by atoms with Gasteiger partial charge in [0.25, 0.3) is 0 Å². The molecule has 0 saturated carbocycles. The summed E-state index contributed by atoms with van der Waals surface area (Å²) in [4.78, 5) is 27.7. The zero-order valence-electron chi connectivity index (χ0n) is 16.0. The third kappa shape index (κ3) is 5.40. The number of hydrogen-bond acceptors (Lipinski definition) is 6. The first-order chi connectivity index (χ1) is 14.4. The normalized spacial score (nSPS) is 17.0. The van der Waals surface area contributed by atoms with Gasteiger partial charge in [-0.05, 0) is 30.7 Å². The third-order valence-electron chi connectivity index (χ3n) is 4.44. The lowest BCUT2D eigenvalue weighted by molar-refractivity contribution is -0.139. The van der Waals surface area contributed by atoms with Crippen LogP contribution < -0.4 is 10.6 Å². The molecule has 0 unspecified atom stereocenters. The van der Waals surface area contributed by atoms with E-state index in [-0.39, 0.29) is 24.6 Å². The van der Waals surface area contributed by atoms with Crippen LogP contribution in [0.3, 0.4) is 0 Å². The van der Waals surface area contributed by atoms with Gasteiger partial charge in [0.15, 0.2) is 0 Å². The molecular weight excluding hydrogens is 417 g/mol. The van der Waals surface area contributed by atoms with Crippen molar-refractivity contribution in [2.24, 2.45) is 0 Å². The molecule has 2 aromatic rings. The Bertz CT molecular complexity index is 965. The number of nitrogens with one attached hydrogen (secondary N) is 2. The molecule has 3 rings (SSSR count). The zero-order valence-corrected chi connectivity index (χ0v) is 16.8. The number of ether oxygens (including phenoxy) is 1. The van der Waals surface area contributed by atoms with Crippen LogP contribution in [0.25, 0.3) is 0 Å². The Morgan fingerprint density at radius 3 is 2.63 bits per heavy atom. The first-order valence-corrected chi connectivity index (χ1v) is 10.7. The van der Waals surface area contributed by atoms with Gasteiger partial charge in [0, 0.05) is 32.0 Å². The number of nitrogens with zero attached hydrogens (tertiary/aromatic N) is 3. The van der Waals surface area contributed by atoms with Gasteiger partial charge < -0.3 is 19.9 Å². The third-order valence-corrected chi connectivity index (χ3v) is 6.35. The summed E-state index contributed by atoms with van der Waals surface area (Å²) in [7, 11) is -3.93. The standard InChI is InChI=1S/C18H22FN5O5S/c19-14-2-4-15(5-3-14)30(27,28)24-10-11-29-16(24)12-22-18(26)17(25)21-6-1-8-23-9-7-20-13-23/h2-5,7,9,13,16H,1,6,8,10-12H2,(H,21,25)(H,22,26)/t16-/m1/s1. The lowest BCUT2D eigenvalue weighted by Gasteiger charge is -2.22. The summed E-state index contributed by atoms with van der Waals surface area (Å²) in [6.45, 7) is 0.979. The van der Waals surface area contributed by atoms with Crippen molar-refractivity contribution in [3.05, 3.63) is 48.8 Å². The van der Waals surface area contributed by atoms with E-state index in [0.717, 1.165) is 28.6 Å². The second-order valence-corrected chi connectivity index (χ2v) is 8.41. The maximum absolute atomic E-state index is 13.1. The largest absolute Gasteiger partial charge is 0.359 e. The van der Waals surface area contributed by atoms with Gasteiger partial charge in [-0.1, -0.05) is 0 Å². The molecule has 1 aromatic heterocycles. The molecule has 1 aromatic carbocycles. The highest BCUT2D eigenvalue weighted by molar-refractivity contribution is 7.89. The van der Waals surface area contributed by atoms with Crippen molar-refractivity contribution >= 4 is 21.8 Å². The molecule has 2 amide bonds. The summed E-state index contributed by atoms with van der Waals surface area (Å²) in [5.74, 6) is -2.25. The second kappa shape index (κ2) is 9.78. The van der Waals surface area contributed by atoms with Crippen LogP contribution in [0.2, 0.25) is 0 Å². The minimum absolute atomic E-state index is 0.0821. The molecule has 10 nitrogen and oxygen atoms in total. The molecule has 1 aliphatic heterocycles. The monoisotopic (exact) mass is 439 g/mol. The Balaban J connectivity index is 1.47. The average molecular weight is 439 g/mol. The van der Waals surface area contributed by atoms with Crippen LogP contribution >= 0.6 is 0 Å². The number of halogens is 1. The van der Waals surface area contributed by atoms with E-state index in [0.29, 0.717) is 19.5 Å². The van der Waals surface area contributed by atoms with Gasteiger partial charge in [-0.2, -0.15) is 4.31 Å². The van der Waals surface area contributed by atoms with E-state index in [1.807, 2.05) is 4.57 Å².